The van der Waals surface area contributed by atoms with E-state index in [2.05, 4.69) is 49.5 Å². The van der Waals surface area contributed by atoms with Crippen LogP contribution in [-0.2, 0) is 7.05 Å². The van der Waals surface area contributed by atoms with Crippen molar-refractivity contribution in [1.29, 1.82) is 0 Å². The number of hydrogen-bond donors (Lipinski definition) is 1. The van der Waals surface area contributed by atoms with Crippen LogP contribution in [0.15, 0.2) is 89.8 Å². The summed E-state index contributed by atoms with van der Waals surface area (Å²) in [6, 6.07) is 22.1. The number of benzene rings is 3. The van der Waals surface area contributed by atoms with Gasteiger partial charge < -0.3 is 29.1 Å². The molecule has 0 bridgehead atoms. The zero-order valence-electron chi connectivity index (χ0n) is 29.7. The van der Waals surface area contributed by atoms with Gasteiger partial charge in [-0.2, -0.15) is 0 Å². The van der Waals surface area contributed by atoms with E-state index >= 15 is 0 Å². The smallest absolute Gasteiger partial charge is 0.270 e. The van der Waals surface area contributed by atoms with Crippen molar-refractivity contribution in [1.82, 2.24) is 29.4 Å². The maximum absolute atomic E-state index is 14.2. The van der Waals surface area contributed by atoms with Crippen LogP contribution in [0.1, 0.15) is 39.4 Å². The summed E-state index contributed by atoms with van der Waals surface area (Å²) in [4.78, 5) is 38.4. The van der Waals surface area contributed by atoms with E-state index < -0.39 is 0 Å². The lowest BCUT2D eigenvalue weighted by molar-refractivity contribution is 0.0735. The fraction of sp³-hybridized carbons (Fsp3) is 0.300. The van der Waals surface area contributed by atoms with Gasteiger partial charge in [-0.05, 0) is 112 Å². The number of anilines is 1. The molecule has 3 heterocycles. The fourth-order valence-corrected chi connectivity index (χ4v) is 6.69. The molecule has 0 spiro atoms. The number of aryl methyl sites for hydroxylation is 2. The normalized spacial score (nSPS) is 11.6. The summed E-state index contributed by atoms with van der Waals surface area (Å²) in [6.07, 6.45) is 7.12. The average Bonchev–Trinajstić information content (AvgIpc) is 3.67. The van der Waals surface area contributed by atoms with Crippen molar-refractivity contribution in [2.45, 2.75) is 19.8 Å². The van der Waals surface area contributed by atoms with E-state index in [1.807, 2.05) is 76.5 Å². The van der Waals surface area contributed by atoms with Gasteiger partial charge in [0.25, 0.3) is 11.8 Å². The Bertz CT molecular complexity index is 2060. The van der Waals surface area contributed by atoms with Gasteiger partial charge in [0.2, 0.25) is 0 Å². The summed E-state index contributed by atoms with van der Waals surface area (Å²) in [7, 11) is 9.98. The highest BCUT2D eigenvalue weighted by Gasteiger charge is 2.27. The van der Waals surface area contributed by atoms with Crippen molar-refractivity contribution in [3.05, 3.63) is 102 Å². The van der Waals surface area contributed by atoms with Crippen molar-refractivity contribution in [3.8, 4) is 22.4 Å². The Morgan fingerprint density at radius 2 is 1.32 bits per heavy atom. The van der Waals surface area contributed by atoms with E-state index in [0.717, 1.165) is 64.2 Å². The minimum atomic E-state index is -0.358. The first-order valence-electron chi connectivity index (χ1n) is 17.0. The highest BCUT2D eigenvalue weighted by Crippen LogP contribution is 2.44. The molecule has 10 nitrogen and oxygen atoms in total. The second kappa shape index (κ2) is 15.1. The molecule has 0 unspecified atom stereocenters. The van der Waals surface area contributed by atoms with Crippen molar-refractivity contribution < 1.29 is 14.1 Å². The molecule has 10 heteroatoms. The monoisotopic (exact) mass is 671 g/mol. The number of aromatic nitrogens is 3. The quantitative estimate of drug-likeness (QED) is 0.133. The maximum atomic E-state index is 14.2. The zero-order valence-corrected chi connectivity index (χ0v) is 29.7. The molecule has 0 atom stereocenters. The maximum Gasteiger partial charge on any atom is 0.270 e. The number of nitrogens with zero attached hydrogens (tertiary/aromatic N) is 6. The SMILES string of the molecule is Cc1onc(-c2c3ccccc3c(-c3ccncc3)c3ccccc23)c1C(=O)Nc1cc(C(=O)N(CCCN(C)C)CCCN(C)C)n(C)c1. The van der Waals surface area contributed by atoms with Crippen LogP contribution in [0.4, 0.5) is 5.69 Å². The second-order valence-corrected chi connectivity index (χ2v) is 13.3. The van der Waals surface area contributed by atoms with Gasteiger partial charge in [0, 0.05) is 44.3 Å². The second-order valence-electron chi connectivity index (χ2n) is 13.3. The van der Waals surface area contributed by atoms with Crippen LogP contribution < -0.4 is 5.32 Å². The minimum absolute atomic E-state index is 0.0559. The molecule has 0 radical (unpaired) electrons. The third-order valence-corrected chi connectivity index (χ3v) is 9.06. The summed E-state index contributed by atoms with van der Waals surface area (Å²) in [5.41, 5.74) is 4.82. The highest BCUT2D eigenvalue weighted by atomic mass is 16.5. The molecule has 6 rings (SSSR count). The van der Waals surface area contributed by atoms with Gasteiger partial charge in [0.05, 0.1) is 5.69 Å². The number of carbonyl (C=O) groups excluding carboxylic acids is 2. The Balaban J connectivity index is 1.35. The molecular formula is C40H45N7O3. The lowest BCUT2D eigenvalue weighted by atomic mass is 9.86. The number of carbonyl (C=O) groups is 2. The van der Waals surface area contributed by atoms with Crippen LogP contribution in [0.25, 0.3) is 43.9 Å². The molecule has 3 aromatic carbocycles. The van der Waals surface area contributed by atoms with E-state index in [4.69, 9.17) is 4.52 Å². The predicted molar refractivity (Wildman–Crippen MR) is 201 cm³/mol. The molecule has 1 N–H and O–H groups in total. The Morgan fingerprint density at radius 1 is 0.780 bits per heavy atom. The summed E-state index contributed by atoms with van der Waals surface area (Å²) in [5, 5.41) is 11.5. The number of fused-ring (bicyclic) bond motifs is 2. The molecular weight excluding hydrogens is 626 g/mol. The van der Waals surface area contributed by atoms with Gasteiger partial charge in [0.15, 0.2) is 0 Å². The molecule has 0 aliphatic carbocycles. The lowest BCUT2D eigenvalue weighted by Crippen LogP contribution is -2.36. The first-order valence-corrected chi connectivity index (χ1v) is 17.0. The van der Waals surface area contributed by atoms with E-state index in [9.17, 15) is 9.59 Å². The topological polar surface area (TPSA) is 99.7 Å². The largest absolute Gasteiger partial charge is 0.360 e. The molecule has 2 amide bonds. The molecule has 0 fully saturated rings. The third kappa shape index (κ3) is 7.17. The van der Waals surface area contributed by atoms with Gasteiger partial charge in [-0.1, -0.05) is 53.7 Å². The summed E-state index contributed by atoms with van der Waals surface area (Å²) < 4.78 is 7.52. The van der Waals surface area contributed by atoms with Crippen LogP contribution in [-0.4, -0.2) is 95.6 Å². The predicted octanol–water partition coefficient (Wildman–Crippen LogP) is 6.95. The Kier molecular flexibility index (Phi) is 10.4. The molecule has 0 aliphatic rings. The molecule has 258 valence electrons. The highest BCUT2D eigenvalue weighted by molar-refractivity contribution is 6.23. The van der Waals surface area contributed by atoms with Gasteiger partial charge in [-0.15, -0.1) is 0 Å². The zero-order chi connectivity index (χ0) is 35.4. The third-order valence-electron chi connectivity index (χ3n) is 9.06. The van der Waals surface area contributed by atoms with Crippen molar-refractivity contribution in [3.63, 3.8) is 0 Å². The number of rotatable bonds is 13. The first-order chi connectivity index (χ1) is 24.1. The van der Waals surface area contributed by atoms with Crippen molar-refractivity contribution in [2.24, 2.45) is 7.05 Å². The number of pyridine rings is 1. The van der Waals surface area contributed by atoms with E-state index in [1.165, 1.54) is 0 Å². The van der Waals surface area contributed by atoms with Crippen LogP contribution in [0.2, 0.25) is 0 Å². The number of amides is 2. The molecule has 3 aromatic heterocycles. The van der Waals surface area contributed by atoms with Crippen LogP contribution >= 0.6 is 0 Å². The van der Waals surface area contributed by atoms with E-state index in [-0.39, 0.29) is 11.8 Å². The van der Waals surface area contributed by atoms with E-state index in [0.29, 0.717) is 41.5 Å². The van der Waals surface area contributed by atoms with Gasteiger partial charge in [-0.3, -0.25) is 14.6 Å². The summed E-state index contributed by atoms with van der Waals surface area (Å²) >= 11 is 0. The van der Waals surface area contributed by atoms with Gasteiger partial charge >= 0.3 is 0 Å². The fourth-order valence-electron chi connectivity index (χ4n) is 6.69. The number of nitrogens with one attached hydrogen (secondary N) is 1. The van der Waals surface area contributed by atoms with E-state index in [1.54, 1.807) is 36.1 Å². The van der Waals surface area contributed by atoms with Crippen LogP contribution in [0, 0.1) is 6.92 Å². The minimum Gasteiger partial charge on any atom is -0.360 e. The van der Waals surface area contributed by atoms with Crippen LogP contribution in [0.5, 0.6) is 0 Å². The Labute approximate surface area is 293 Å². The molecule has 0 saturated heterocycles. The summed E-state index contributed by atoms with van der Waals surface area (Å²) in [6.45, 7) is 4.85. The average molecular weight is 672 g/mol. The van der Waals surface area contributed by atoms with Gasteiger partial charge in [0.1, 0.15) is 22.7 Å². The van der Waals surface area contributed by atoms with Crippen molar-refractivity contribution >= 4 is 39.0 Å². The molecule has 0 aliphatic heterocycles. The summed E-state index contributed by atoms with van der Waals surface area (Å²) in [5.74, 6) is -0.00723. The molecule has 0 saturated carbocycles. The standard InChI is InChI=1S/C40H45N7O3/c1-27-35(39(48)42-29-25-34(46(6)26-29)40(49)47(23-11-21-44(2)3)24-12-22-45(4)5)38(43-50-27)37-32-15-9-7-13-30(32)36(28-17-19-41-20-18-28)31-14-8-10-16-33(31)37/h7-10,13-20,25-26H,11-12,21-24H2,1-6H3,(H,42,48). The number of hydrogen-bond acceptors (Lipinski definition) is 7. The first kappa shape index (κ1) is 34.5. The Morgan fingerprint density at radius 3 is 1.86 bits per heavy atom. The Hall–Kier alpha value is -5.32. The van der Waals surface area contributed by atoms with Gasteiger partial charge in [-0.25, -0.2) is 0 Å². The van der Waals surface area contributed by atoms with Crippen molar-refractivity contribution in [2.75, 3.05) is 59.7 Å². The molecule has 50 heavy (non-hydrogen) atoms. The molecule has 6 aromatic rings. The lowest BCUT2D eigenvalue weighted by Gasteiger charge is -2.24. The van der Waals surface area contributed by atoms with Crippen LogP contribution in [0.3, 0.4) is 0 Å².